The summed E-state index contributed by atoms with van der Waals surface area (Å²) in [5.74, 6) is 1.32. The summed E-state index contributed by atoms with van der Waals surface area (Å²) in [7, 11) is -3.35. The first-order chi connectivity index (χ1) is 18.6. The summed E-state index contributed by atoms with van der Waals surface area (Å²) in [5.41, 5.74) is 3.04. The summed E-state index contributed by atoms with van der Waals surface area (Å²) in [4.78, 5) is 16.9. The van der Waals surface area contributed by atoms with Crippen molar-refractivity contribution in [3.8, 4) is 11.3 Å². The van der Waals surface area contributed by atoms with E-state index in [2.05, 4.69) is 29.0 Å². The Kier molecular flexibility index (Phi) is 7.87. The van der Waals surface area contributed by atoms with Gasteiger partial charge in [0.25, 0.3) is 0 Å². The zero-order chi connectivity index (χ0) is 27.7. The van der Waals surface area contributed by atoms with Crippen molar-refractivity contribution in [2.75, 3.05) is 18.4 Å². The standard InChI is InChI=1S/C29H32ClN5O3S/c1-18(2)39(36,37)23-10-8-22(9-11-23)32-29-24-12-7-21(28-25(30)6-5-13-31-28)14-26(24)33-27(34-29)17-35-15-19(3)38-20(4)16-35/h5-14,18-20H,15-17H2,1-4H3,(H,32,33,34)/t19-,20-/m0/s1. The molecule has 1 fully saturated rings. The van der Waals surface area contributed by atoms with Crippen LogP contribution in [0.1, 0.15) is 33.5 Å². The van der Waals surface area contributed by atoms with Gasteiger partial charge < -0.3 is 10.1 Å². The highest BCUT2D eigenvalue weighted by Gasteiger charge is 2.24. The zero-order valence-electron chi connectivity index (χ0n) is 22.4. The molecule has 0 amide bonds. The van der Waals surface area contributed by atoms with Crippen LogP contribution < -0.4 is 5.32 Å². The molecule has 10 heteroatoms. The molecule has 2 atom stereocenters. The number of morpholine rings is 1. The van der Waals surface area contributed by atoms with Crippen LogP contribution in [0.4, 0.5) is 11.5 Å². The molecule has 1 saturated heterocycles. The quantitative estimate of drug-likeness (QED) is 0.297. The SMILES string of the molecule is CC(C)S(=O)(=O)c1ccc(Nc2nc(CN3C[C@H](C)O[C@@H](C)C3)nc3cc(-c4ncccc4Cl)ccc23)cc1. The molecule has 1 N–H and O–H groups in total. The number of pyridine rings is 1. The molecule has 0 aliphatic carbocycles. The van der Waals surface area contributed by atoms with Crippen molar-refractivity contribution in [3.63, 3.8) is 0 Å². The molecule has 39 heavy (non-hydrogen) atoms. The number of hydrogen-bond acceptors (Lipinski definition) is 8. The maximum Gasteiger partial charge on any atom is 0.180 e. The lowest BCUT2D eigenvalue weighted by atomic mass is 10.1. The van der Waals surface area contributed by atoms with Crippen LogP contribution in [0.2, 0.25) is 5.02 Å². The van der Waals surface area contributed by atoms with E-state index in [-0.39, 0.29) is 12.2 Å². The van der Waals surface area contributed by atoms with Crippen LogP contribution in [0.3, 0.4) is 0 Å². The van der Waals surface area contributed by atoms with E-state index in [0.29, 0.717) is 33.8 Å². The highest BCUT2D eigenvalue weighted by Crippen LogP contribution is 2.31. The predicted molar refractivity (Wildman–Crippen MR) is 155 cm³/mol. The second-order valence-electron chi connectivity index (χ2n) is 10.2. The van der Waals surface area contributed by atoms with Crippen molar-refractivity contribution in [1.29, 1.82) is 0 Å². The Balaban J connectivity index is 1.53. The Hall–Kier alpha value is -3.11. The van der Waals surface area contributed by atoms with E-state index in [1.165, 1.54) is 0 Å². The number of halogens is 1. The lowest BCUT2D eigenvalue weighted by Crippen LogP contribution is -2.45. The first kappa shape index (κ1) is 27.5. The van der Waals surface area contributed by atoms with Crippen LogP contribution in [0.15, 0.2) is 65.7 Å². The molecule has 0 unspecified atom stereocenters. The minimum absolute atomic E-state index is 0.130. The summed E-state index contributed by atoms with van der Waals surface area (Å²) in [6.07, 6.45) is 1.98. The molecule has 2 aromatic carbocycles. The molecule has 0 spiro atoms. The fraction of sp³-hybridized carbons (Fsp3) is 0.345. The Labute approximate surface area is 234 Å². The van der Waals surface area contributed by atoms with E-state index in [0.717, 1.165) is 35.2 Å². The third kappa shape index (κ3) is 6.06. The van der Waals surface area contributed by atoms with Gasteiger partial charge in [0.05, 0.1) is 45.1 Å². The average Bonchev–Trinajstić information content (AvgIpc) is 2.88. The van der Waals surface area contributed by atoms with Gasteiger partial charge in [0.15, 0.2) is 9.84 Å². The lowest BCUT2D eigenvalue weighted by molar-refractivity contribution is -0.0710. The van der Waals surface area contributed by atoms with E-state index >= 15 is 0 Å². The van der Waals surface area contributed by atoms with E-state index in [4.69, 9.17) is 26.3 Å². The highest BCUT2D eigenvalue weighted by atomic mass is 35.5. The predicted octanol–water partition coefficient (Wildman–Crippen LogP) is 5.88. The molecule has 5 rings (SSSR count). The number of anilines is 2. The fourth-order valence-electron chi connectivity index (χ4n) is 4.84. The first-order valence-electron chi connectivity index (χ1n) is 13.0. The molecule has 1 aliphatic rings. The Morgan fingerprint density at radius 1 is 1.05 bits per heavy atom. The van der Waals surface area contributed by atoms with E-state index in [1.807, 2.05) is 24.3 Å². The average molecular weight is 566 g/mol. The molecular formula is C29H32ClN5O3S. The molecule has 8 nitrogen and oxygen atoms in total. The maximum atomic E-state index is 12.6. The van der Waals surface area contributed by atoms with E-state index < -0.39 is 15.1 Å². The topological polar surface area (TPSA) is 97.3 Å². The van der Waals surface area contributed by atoms with Crippen molar-refractivity contribution in [3.05, 3.63) is 71.6 Å². The molecule has 0 saturated carbocycles. The number of hydrogen-bond donors (Lipinski definition) is 1. The fourth-order valence-corrected chi connectivity index (χ4v) is 6.13. The minimum atomic E-state index is -3.35. The first-order valence-corrected chi connectivity index (χ1v) is 14.9. The second kappa shape index (κ2) is 11.2. The van der Waals surface area contributed by atoms with Gasteiger partial charge in [-0.2, -0.15) is 0 Å². The van der Waals surface area contributed by atoms with Crippen molar-refractivity contribution in [2.45, 2.75) is 56.6 Å². The van der Waals surface area contributed by atoms with Gasteiger partial charge in [-0.05, 0) is 76.2 Å². The summed E-state index contributed by atoms with van der Waals surface area (Å²) < 4.78 is 31.0. The number of fused-ring (bicyclic) bond motifs is 1. The summed E-state index contributed by atoms with van der Waals surface area (Å²) in [6.45, 7) is 9.67. The van der Waals surface area contributed by atoms with Crippen LogP contribution in [0.25, 0.3) is 22.2 Å². The van der Waals surface area contributed by atoms with Crippen LogP contribution >= 0.6 is 11.6 Å². The normalized spacial score (nSPS) is 18.5. The van der Waals surface area contributed by atoms with E-state index in [9.17, 15) is 8.42 Å². The van der Waals surface area contributed by atoms with Crippen molar-refractivity contribution < 1.29 is 13.2 Å². The van der Waals surface area contributed by atoms with Crippen molar-refractivity contribution >= 4 is 43.8 Å². The van der Waals surface area contributed by atoms with Crippen molar-refractivity contribution in [2.24, 2.45) is 0 Å². The highest BCUT2D eigenvalue weighted by molar-refractivity contribution is 7.92. The van der Waals surface area contributed by atoms with Gasteiger partial charge in [0.1, 0.15) is 11.6 Å². The molecule has 3 heterocycles. The second-order valence-corrected chi connectivity index (χ2v) is 13.2. The van der Waals surface area contributed by atoms with Gasteiger partial charge in [-0.15, -0.1) is 0 Å². The van der Waals surface area contributed by atoms with Crippen LogP contribution in [-0.4, -0.2) is 58.8 Å². The van der Waals surface area contributed by atoms with Gasteiger partial charge in [-0.25, -0.2) is 18.4 Å². The largest absolute Gasteiger partial charge is 0.373 e. The molecule has 204 valence electrons. The Bertz CT molecular complexity index is 1580. The van der Waals surface area contributed by atoms with Gasteiger partial charge in [0, 0.05) is 35.9 Å². The molecule has 2 aromatic heterocycles. The number of rotatable bonds is 7. The molecular weight excluding hydrogens is 534 g/mol. The number of nitrogens with one attached hydrogen (secondary N) is 1. The number of benzene rings is 2. The summed E-state index contributed by atoms with van der Waals surface area (Å²) in [6, 6.07) is 16.3. The van der Waals surface area contributed by atoms with E-state index in [1.54, 1.807) is 50.4 Å². The Morgan fingerprint density at radius 3 is 2.44 bits per heavy atom. The number of sulfone groups is 1. The zero-order valence-corrected chi connectivity index (χ0v) is 24.0. The van der Waals surface area contributed by atoms with Gasteiger partial charge in [-0.3, -0.25) is 9.88 Å². The smallest absolute Gasteiger partial charge is 0.180 e. The third-order valence-corrected chi connectivity index (χ3v) is 9.18. The van der Waals surface area contributed by atoms with Gasteiger partial charge in [0.2, 0.25) is 0 Å². The lowest BCUT2D eigenvalue weighted by Gasteiger charge is -2.34. The van der Waals surface area contributed by atoms with Gasteiger partial charge >= 0.3 is 0 Å². The molecule has 0 radical (unpaired) electrons. The third-order valence-electron chi connectivity index (χ3n) is 6.70. The number of nitrogens with zero attached hydrogens (tertiary/aromatic N) is 4. The van der Waals surface area contributed by atoms with Crippen LogP contribution in [0, 0.1) is 0 Å². The number of ether oxygens (including phenoxy) is 1. The molecule has 1 aliphatic heterocycles. The molecule has 0 bridgehead atoms. The summed E-state index contributed by atoms with van der Waals surface area (Å²) in [5, 5.41) is 4.30. The van der Waals surface area contributed by atoms with Crippen molar-refractivity contribution in [1.82, 2.24) is 19.9 Å². The van der Waals surface area contributed by atoms with Crippen LogP contribution in [-0.2, 0) is 21.1 Å². The minimum Gasteiger partial charge on any atom is -0.373 e. The van der Waals surface area contributed by atoms with Crippen LogP contribution in [0.5, 0.6) is 0 Å². The monoisotopic (exact) mass is 565 g/mol. The Morgan fingerprint density at radius 2 is 1.77 bits per heavy atom. The summed E-state index contributed by atoms with van der Waals surface area (Å²) >= 11 is 6.43. The maximum absolute atomic E-state index is 12.6. The molecule has 4 aromatic rings. The number of aromatic nitrogens is 3. The van der Waals surface area contributed by atoms with Gasteiger partial charge in [-0.1, -0.05) is 17.7 Å².